The van der Waals surface area contributed by atoms with E-state index in [0.29, 0.717) is 5.56 Å². The quantitative estimate of drug-likeness (QED) is 0.826. The van der Waals surface area contributed by atoms with E-state index in [1.54, 1.807) is 12.1 Å². The number of rotatable bonds is 1. The molecule has 0 saturated carbocycles. The van der Waals surface area contributed by atoms with Crippen LogP contribution in [0.3, 0.4) is 0 Å². The fourth-order valence-corrected chi connectivity index (χ4v) is 1.47. The van der Waals surface area contributed by atoms with Gasteiger partial charge < -0.3 is 5.11 Å². The molecular weight excluding hydrogens is 231 g/mol. The molecule has 0 aliphatic carbocycles. The second-order valence-electron chi connectivity index (χ2n) is 3.47. The molecule has 0 fully saturated rings. The van der Waals surface area contributed by atoms with Gasteiger partial charge in [0.2, 0.25) is 0 Å². The molecule has 0 aliphatic heterocycles. The highest BCUT2D eigenvalue weighted by Gasteiger charge is 2.31. The van der Waals surface area contributed by atoms with E-state index in [-0.39, 0.29) is 11.3 Å². The maximum atomic E-state index is 12.5. The summed E-state index contributed by atoms with van der Waals surface area (Å²) in [6.07, 6.45) is -1.52. The minimum Gasteiger partial charge on any atom is -0.507 e. The lowest BCUT2D eigenvalue weighted by Crippen LogP contribution is -2.04. The Morgan fingerprint density at radius 3 is 2.47 bits per heavy atom. The van der Waals surface area contributed by atoms with Gasteiger partial charge in [0, 0.05) is 23.5 Å². The Bertz CT molecular complexity index is 523. The standard InChI is InChI=1S/C12H8F3NO/c13-12(14,15)9-3-4-11(17)10(6-9)8-2-1-5-16-7-8/h1-7,17H. The molecule has 1 N–H and O–H groups in total. The lowest BCUT2D eigenvalue weighted by molar-refractivity contribution is -0.137. The van der Waals surface area contributed by atoms with Crippen molar-refractivity contribution in [2.45, 2.75) is 6.18 Å². The Labute approximate surface area is 95.4 Å². The van der Waals surface area contributed by atoms with Crippen molar-refractivity contribution in [3.05, 3.63) is 48.3 Å². The number of nitrogens with zero attached hydrogens (tertiary/aromatic N) is 1. The van der Waals surface area contributed by atoms with Gasteiger partial charge in [-0.25, -0.2) is 0 Å². The molecule has 2 rings (SSSR count). The van der Waals surface area contributed by atoms with Crippen LogP contribution >= 0.6 is 0 Å². The van der Waals surface area contributed by atoms with Gasteiger partial charge in [0.1, 0.15) is 5.75 Å². The number of alkyl halides is 3. The van der Waals surface area contributed by atoms with Gasteiger partial charge in [0.25, 0.3) is 0 Å². The summed E-state index contributed by atoms with van der Waals surface area (Å²) >= 11 is 0. The average Bonchev–Trinajstić information content (AvgIpc) is 2.29. The van der Waals surface area contributed by atoms with E-state index in [4.69, 9.17) is 0 Å². The number of benzene rings is 1. The number of pyridine rings is 1. The first-order valence-electron chi connectivity index (χ1n) is 4.79. The van der Waals surface area contributed by atoms with Crippen LogP contribution in [0.25, 0.3) is 11.1 Å². The fraction of sp³-hybridized carbons (Fsp3) is 0.0833. The maximum Gasteiger partial charge on any atom is 0.416 e. The molecule has 0 unspecified atom stereocenters. The van der Waals surface area contributed by atoms with Crippen molar-refractivity contribution >= 4 is 0 Å². The second kappa shape index (κ2) is 4.08. The van der Waals surface area contributed by atoms with E-state index in [1.165, 1.54) is 12.4 Å². The summed E-state index contributed by atoms with van der Waals surface area (Å²) in [5, 5.41) is 9.56. The molecule has 2 aromatic rings. The third-order valence-corrected chi connectivity index (χ3v) is 2.30. The molecule has 1 aromatic carbocycles. The third-order valence-electron chi connectivity index (χ3n) is 2.30. The average molecular weight is 239 g/mol. The number of hydrogen-bond donors (Lipinski definition) is 1. The van der Waals surface area contributed by atoms with Gasteiger partial charge in [-0.3, -0.25) is 4.98 Å². The van der Waals surface area contributed by atoms with Crippen LogP contribution in [-0.2, 0) is 6.18 Å². The highest BCUT2D eigenvalue weighted by atomic mass is 19.4. The van der Waals surface area contributed by atoms with Gasteiger partial charge in [-0.05, 0) is 24.3 Å². The number of phenols is 1. The van der Waals surface area contributed by atoms with Crippen LogP contribution in [0.15, 0.2) is 42.7 Å². The minimum absolute atomic E-state index is 0.118. The minimum atomic E-state index is -4.43. The third kappa shape index (κ3) is 2.38. The number of aromatic hydroxyl groups is 1. The summed E-state index contributed by atoms with van der Waals surface area (Å²) < 4.78 is 37.6. The van der Waals surface area contributed by atoms with Gasteiger partial charge in [-0.1, -0.05) is 6.07 Å². The largest absolute Gasteiger partial charge is 0.507 e. The first-order chi connectivity index (χ1) is 7.98. The van der Waals surface area contributed by atoms with E-state index in [0.717, 1.165) is 18.2 Å². The molecule has 88 valence electrons. The van der Waals surface area contributed by atoms with Crippen molar-refractivity contribution in [2.75, 3.05) is 0 Å². The molecule has 17 heavy (non-hydrogen) atoms. The molecule has 0 atom stereocenters. The maximum absolute atomic E-state index is 12.5. The van der Waals surface area contributed by atoms with Gasteiger partial charge in [-0.2, -0.15) is 13.2 Å². The van der Waals surface area contributed by atoms with Crippen LogP contribution in [0.5, 0.6) is 5.75 Å². The Hall–Kier alpha value is -2.04. The first-order valence-corrected chi connectivity index (χ1v) is 4.79. The summed E-state index contributed by atoms with van der Waals surface area (Å²) in [5.74, 6) is -0.203. The zero-order valence-corrected chi connectivity index (χ0v) is 8.57. The summed E-state index contributed by atoms with van der Waals surface area (Å²) in [6.45, 7) is 0. The van der Waals surface area contributed by atoms with E-state index >= 15 is 0 Å². The predicted octanol–water partition coefficient (Wildman–Crippen LogP) is 3.47. The van der Waals surface area contributed by atoms with Crippen molar-refractivity contribution in [1.82, 2.24) is 4.98 Å². The summed E-state index contributed by atoms with van der Waals surface area (Å²) in [4.78, 5) is 3.80. The molecule has 1 aromatic heterocycles. The van der Waals surface area contributed by atoms with Crippen molar-refractivity contribution in [3.8, 4) is 16.9 Å². The zero-order chi connectivity index (χ0) is 12.5. The molecule has 0 radical (unpaired) electrons. The van der Waals surface area contributed by atoms with Gasteiger partial charge in [0.05, 0.1) is 5.56 Å². The summed E-state index contributed by atoms with van der Waals surface area (Å²) in [6, 6.07) is 5.96. The van der Waals surface area contributed by atoms with Gasteiger partial charge in [-0.15, -0.1) is 0 Å². The first kappa shape index (κ1) is 11.4. The molecule has 0 spiro atoms. The Morgan fingerprint density at radius 1 is 1.12 bits per heavy atom. The smallest absolute Gasteiger partial charge is 0.416 e. The molecule has 0 saturated heterocycles. The van der Waals surface area contributed by atoms with Crippen molar-refractivity contribution in [3.63, 3.8) is 0 Å². The van der Waals surface area contributed by atoms with Crippen LogP contribution in [0, 0.1) is 0 Å². The van der Waals surface area contributed by atoms with Crippen molar-refractivity contribution < 1.29 is 18.3 Å². The van der Waals surface area contributed by atoms with Crippen LogP contribution in [0.4, 0.5) is 13.2 Å². The van der Waals surface area contributed by atoms with E-state index in [1.807, 2.05) is 0 Å². The van der Waals surface area contributed by atoms with Crippen molar-refractivity contribution in [2.24, 2.45) is 0 Å². The highest BCUT2D eigenvalue weighted by Crippen LogP contribution is 2.36. The second-order valence-corrected chi connectivity index (χ2v) is 3.47. The Balaban J connectivity index is 2.55. The fourth-order valence-electron chi connectivity index (χ4n) is 1.47. The summed E-state index contributed by atoms with van der Waals surface area (Å²) in [7, 11) is 0. The molecule has 0 bridgehead atoms. The predicted molar refractivity (Wildman–Crippen MR) is 56.3 cm³/mol. The molecule has 2 nitrogen and oxygen atoms in total. The Kier molecular flexibility index (Phi) is 2.75. The molecule has 5 heteroatoms. The van der Waals surface area contributed by atoms with Gasteiger partial charge in [0.15, 0.2) is 0 Å². The van der Waals surface area contributed by atoms with Crippen molar-refractivity contribution in [1.29, 1.82) is 0 Å². The highest BCUT2D eigenvalue weighted by molar-refractivity contribution is 5.70. The normalized spacial score (nSPS) is 11.5. The topological polar surface area (TPSA) is 33.1 Å². The number of phenolic OH excluding ortho intramolecular Hbond substituents is 1. The van der Waals surface area contributed by atoms with Crippen LogP contribution < -0.4 is 0 Å². The monoisotopic (exact) mass is 239 g/mol. The number of halogens is 3. The molecular formula is C12H8F3NO. The Morgan fingerprint density at radius 2 is 1.88 bits per heavy atom. The van der Waals surface area contributed by atoms with E-state index in [9.17, 15) is 18.3 Å². The SMILES string of the molecule is Oc1ccc(C(F)(F)F)cc1-c1cccnc1. The van der Waals surface area contributed by atoms with E-state index in [2.05, 4.69) is 4.98 Å². The number of hydrogen-bond acceptors (Lipinski definition) is 2. The molecule has 0 amide bonds. The van der Waals surface area contributed by atoms with Crippen LogP contribution in [-0.4, -0.2) is 10.1 Å². The lowest BCUT2D eigenvalue weighted by Gasteiger charge is -2.10. The summed E-state index contributed by atoms with van der Waals surface area (Å²) in [5.41, 5.74) is -0.238. The molecule has 1 heterocycles. The van der Waals surface area contributed by atoms with Gasteiger partial charge >= 0.3 is 6.18 Å². The van der Waals surface area contributed by atoms with Crippen LogP contribution in [0.2, 0.25) is 0 Å². The zero-order valence-electron chi connectivity index (χ0n) is 8.57. The van der Waals surface area contributed by atoms with Crippen LogP contribution in [0.1, 0.15) is 5.56 Å². The number of aromatic nitrogens is 1. The lowest BCUT2D eigenvalue weighted by atomic mass is 10.0. The molecule has 0 aliphatic rings. The van der Waals surface area contributed by atoms with E-state index < -0.39 is 11.7 Å².